The molecule has 1 aromatic heterocycles. The van der Waals surface area contributed by atoms with Crippen molar-refractivity contribution in [2.24, 2.45) is 0 Å². The average molecular weight is 379 g/mol. The molecule has 3 aromatic carbocycles. The van der Waals surface area contributed by atoms with Crippen LogP contribution in [0.15, 0.2) is 73.1 Å². The van der Waals surface area contributed by atoms with Gasteiger partial charge in [0.25, 0.3) is 0 Å². The van der Waals surface area contributed by atoms with E-state index in [0.29, 0.717) is 5.56 Å². The summed E-state index contributed by atoms with van der Waals surface area (Å²) < 4.78 is 7.79. The first-order chi connectivity index (χ1) is 14.1. The fraction of sp³-hybridized carbons (Fsp3) is 0.120. The molecule has 0 unspecified atom stereocenters. The summed E-state index contributed by atoms with van der Waals surface area (Å²) in [6.07, 6.45) is 6.09. The van der Waals surface area contributed by atoms with Crippen LogP contribution >= 0.6 is 0 Å². The zero-order valence-corrected chi connectivity index (χ0v) is 16.4. The van der Waals surface area contributed by atoms with Crippen molar-refractivity contribution in [2.45, 2.75) is 20.0 Å². The van der Waals surface area contributed by atoms with Gasteiger partial charge in [-0.3, -0.25) is 4.57 Å². The summed E-state index contributed by atoms with van der Waals surface area (Å²) in [6, 6.07) is 23.9. The highest BCUT2D eigenvalue weighted by molar-refractivity contribution is 5.82. The molecule has 4 rings (SSSR count). The lowest BCUT2D eigenvalue weighted by atomic mass is 10.1. The van der Waals surface area contributed by atoms with Crippen LogP contribution in [0.4, 0.5) is 0 Å². The van der Waals surface area contributed by atoms with Gasteiger partial charge >= 0.3 is 0 Å². The number of nitriles is 1. The predicted octanol–water partition coefficient (Wildman–Crippen LogP) is 5.85. The Morgan fingerprint density at radius 3 is 2.31 bits per heavy atom. The topological polar surface area (TPSA) is 50.8 Å². The van der Waals surface area contributed by atoms with Gasteiger partial charge < -0.3 is 4.74 Å². The molecule has 0 amide bonds. The molecule has 0 aliphatic heterocycles. The van der Waals surface area contributed by atoms with Gasteiger partial charge in [-0.2, -0.15) is 5.26 Å². The van der Waals surface area contributed by atoms with Crippen LogP contribution in [0.1, 0.15) is 30.5 Å². The number of benzene rings is 3. The highest BCUT2D eigenvalue weighted by atomic mass is 16.5. The van der Waals surface area contributed by atoms with Crippen molar-refractivity contribution in [3.05, 3.63) is 89.7 Å². The van der Waals surface area contributed by atoms with Gasteiger partial charge in [0.2, 0.25) is 0 Å². The van der Waals surface area contributed by atoms with E-state index in [9.17, 15) is 0 Å². The van der Waals surface area contributed by atoms with Crippen molar-refractivity contribution in [1.82, 2.24) is 9.55 Å². The van der Waals surface area contributed by atoms with E-state index in [1.54, 1.807) is 0 Å². The molecule has 0 aliphatic carbocycles. The predicted molar refractivity (Wildman–Crippen MR) is 117 cm³/mol. The van der Waals surface area contributed by atoms with E-state index in [0.717, 1.165) is 33.6 Å². The molecule has 0 radical (unpaired) electrons. The molecule has 4 heteroatoms. The number of nitrogens with zero attached hydrogens (tertiary/aromatic N) is 3. The minimum Gasteiger partial charge on any atom is -0.491 e. The number of ether oxygens (including phenoxy) is 1. The van der Waals surface area contributed by atoms with Crippen molar-refractivity contribution >= 4 is 23.2 Å². The molecule has 142 valence electrons. The van der Waals surface area contributed by atoms with Crippen molar-refractivity contribution in [2.75, 3.05) is 0 Å². The molecule has 0 saturated heterocycles. The Morgan fingerprint density at radius 1 is 0.931 bits per heavy atom. The van der Waals surface area contributed by atoms with Crippen molar-refractivity contribution in [3.63, 3.8) is 0 Å². The molecule has 0 bridgehead atoms. The van der Waals surface area contributed by atoms with E-state index in [1.807, 2.05) is 74.8 Å². The van der Waals surface area contributed by atoms with E-state index in [2.05, 4.69) is 39.9 Å². The monoisotopic (exact) mass is 379 g/mol. The van der Waals surface area contributed by atoms with Crippen molar-refractivity contribution in [1.29, 1.82) is 5.26 Å². The number of fused-ring (bicyclic) bond motifs is 1. The van der Waals surface area contributed by atoms with E-state index in [-0.39, 0.29) is 6.10 Å². The van der Waals surface area contributed by atoms with Crippen LogP contribution in [0.25, 0.3) is 28.9 Å². The third kappa shape index (κ3) is 4.20. The van der Waals surface area contributed by atoms with Crippen LogP contribution in [0, 0.1) is 11.3 Å². The molecule has 0 saturated carbocycles. The lowest BCUT2D eigenvalue weighted by molar-refractivity contribution is 0.242. The number of imidazole rings is 1. The lowest BCUT2D eigenvalue weighted by Crippen LogP contribution is -2.05. The first-order valence-electron chi connectivity index (χ1n) is 9.55. The van der Waals surface area contributed by atoms with Crippen LogP contribution in [0.5, 0.6) is 5.75 Å². The van der Waals surface area contributed by atoms with Crippen LogP contribution in [0.2, 0.25) is 0 Å². The van der Waals surface area contributed by atoms with Crippen molar-refractivity contribution < 1.29 is 4.74 Å². The zero-order chi connectivity index (χ0) is 20.2. The maximum absolute atomic E-state index is 8.89. The molecule has 4 aromatic rings. The highest BCUT2D eigenvalue weighted by Gasteiger charge is 2.06. The summed E-state index contributed by atoms with van der Waals surface area (Å²) in [5.41, 5.74) is 5.83. The Labute approximate surface area is 170 Å². The Morgan fingerprint density at radius 2 is 1.62 bits per heavy atom. The Kier molecular flexibility index (Phi) is 5.13. The van der Waals surface area contributed by atoms with Crippen LogP contribution < -0.4 is 4.74 Å². The Hall–Kier alpha value is -3.84. The smallest absolute Gasteiger partial charge is 0.119 e. The Bertz CT molecular complexity index is 1190. The maximum Gasteiger partial charge on any atom is 0.119 e. The first-order valence-corrected chi connectivity index (χ1v) is 9.55. The quantitative estimate of drug-likeness (QED) is 0.408. The molecule has 0 fully saturated rings. The zero-order valence-electron chi connectivity index (χ0n) is 16.4. The van der Waals surface area contributed by atoms with Crippen LogP contribution in [-0.2, 0) is 0 Å². The van der Waals surface area contributed by atoms with Gasteiger partial charge in [-0.15, -0.1) is 0 Å². The lowest BCUT2D eigenvalue weighted by Gasteiger charge is -2.10. The van der Waals surface area contributed by atoms with Gasteiger partial charge in [-0.25, -0.2) is 4.98 Å². The molecular weight excluding hydrogens is 358 g/mol. The average Bonchev–Trinajstić information content (AvgIpc) is 3.16. The minimum absolute atomic E-state index is 0.158. The number of aromatic nitrogens is 2. The second-order valence-electron chi connectivity index (χ2n) is 7.09. The van der Waals surface area contributed by atoms with E-state index < -0.39 is 0 Å². The van der Waals surface area contributed by atoms with E-state index in [1.165, 1.54) is 0 Å². The molecule has 0 atom stereocenters. The van der Waals surface area contributed by atoms with Gasteiger partial charge in [0.05, 0.1) is 28.8 Å². The molecule has 0 spiro atoms. The van der Waals surface area contributed by atoms with Crippen LogP contribution in [0.3, 0.4) is 0 Å². The highest BCUT2D eigenvalue weighted by Crippen LogP contribution is 2.23. The summed E-state index contributed by atoms with van der Waals surface area (Å²) >= 11 is 0. The normalized spacial score (nSPS) is 11.2. The summed E-state index contributed by atoms with van der Waals surface area (Å²) in [6.45, 7) is 4.04. The van der Waals surface area contributed by atoms with Crippen molar-refractivity contribution in [3.8, 4) is 17.5 Å². The Balaban J connectivity index is 1.57. The molecule has 4 nitrogen and oxygen atoms in total. The molecule has 0 aliphatic rings. The number of hydrogen-bond acceptors (Lipinski definition) is 3. The third-order valence-corrected chi connectivity index (χ3v) is 4.57. The summed E-state index contributed by atoms with van der Waals surface area (Å²) in [7, 11) is 0. The first kappa shape index (κ1) is 18.5. The summed E-state index contributed by atoms with van der Waals surface area (Å²) in [5.74, 6) is 0.864. The maximum atomic E-state index is 8.89. The van der Waals surface area contributed by atoms with Gasteiger partial charge in [0.15, 0.2) is 0 Å². The standard InChI is InChI=1S/C25H21N3O/c1-18(2)29-23-12-10-22(11-13-23)28-17-27-24-15-20(9-14-25(24)28)6-3-19-4-7-21(16-26)8-5-19/h3-15,17-18H,1-2H3. The van der Waals surface area contributed by atoms with E-state index >= 15 is 0 Å². The third-order valence-electron chi connectivity index (χ3n) is 4.57. The van der Waals surface area contributed by atoms with Crippen LogP contribution in [-0.4, -0.2) is 15.7 Å². The largest absolute Gasteiger partial charge is 0.491 e. The second kappa shape index (κ2) is 8.04. The van der Waals surface area contributed by atoms with E-state index in [4.69, 9.17) is 10.00 Å². The molecule has 0 N–H and O–H groups in total. The number of rotatable bonds is 5. The SMILES string of the molecule is CC(C)Oc1ccc(-n2cnc3cc(C=Cc4ccc(C#N)cc4)ccc32)cc1. The minimum atomic E-state index is 0.158. The van der Waals surface area contributed by atoms with Gasteiger partial charge in [0.1, 0.15) is 12.1 Å². The summed E-state index contributed by atoms with van der Waals surface area (Å²) in [5, 5.41) is 8.89. The fourth-order valence-corrected chi connectivity index (χ4v) is 3.16. The number of hydrogen-bond donors (Lipinski definition) is 0. The fourth-order valence-electron chi connectivity index (χ4n) is 3.16. The van der Waals surface area contributed by atoms with Gasteiger partial charge in [-0.05, 0) is 73.5 Å². The molecule has 29 heavy (non-hydrogen) atoms. The molecular formula is C25H21N3O. The summed E-state index contributed by atoms with van der Waals surface area (Å²) in [4.78, 5) is 4.57. The van der Waals surface area contributed by atoms with Gasteiger partial charge in [0, 0.05) is 5.69 Å². The molecule has 1 heterocycles. The second-order valence-corrected chi connectivity index (χ2v) is 7.09. The van der Waals surface area contributed by atoms with Gasteiger partial charge in [-0.1, -0.05) is 30.4 Å².